The molecule has 0 saturated carbocycles. The van der Waals surface area contributed by atoms with Crippen LogP contribution >= 0.6 is 12.4 Å². The summed E-state index contributed by atoms with van der Waals surface area (Å²) in [6, 6.07) is 10.4. The molecule has 1 aromatic heterocycles. The topological polar surface area (TPSA) is 117 Å². The fourth-order valence-electron chi connectivity index (χ4n) is 4.27. The van der Waals surface area contributed by atoms with E-state index in [0.29, 0.717) is 23.2 Å². The number of phenolic OH excluding ortho intramolecular Hbond substituents is 1. The van der Waals surface area contributed by atoms with Gasteiger partial charge in [0.1, 0.15) is 16.8 Å². The highest BCUT2D eigenvalue weighted by molar-refractivity contribution is 6.13. The summed E-state index contributed by atoms with van der Waals surface area (Å²) in [5.74, 6) is -2.30. The van der Waals surface area contributed by atoms with Gasteiger partial charge in [0.15, 0.2) is 11.6 Å². The molecule has 3 aromatic rings. The van der Waals surface area contributed by atoms with Gasteiger partial charge in [-0.3, -0.25) is 9.59 Å². The molecule has 2 heterocycles. The van der Waals surface area contributed by atoms with E-state index in [0.717, 1.165) is 19.4 Å². The molecule has 0 spiro atoms. The Balaban J connectivity index is 0.00000361. The van der Waals surface area contributed by atoms with Gasteiger partial charge in [-0.1, -0.05) is 39.0 Å². The number of nitrogens with two attached hydrogens (primary N) is 1. The highest BCUT2D eigenvalue weighted by Gasteiger charge is 2.25. The first-order valence-corrected chi connectivity index (χ1v) is 11.8. The van der Waals surface area contributed by atoms with Crippen LogP contribution in [0.3, 0.4) is 0 Å². The van der Waals surface area contributed by atoms with Crippen LogP contribution in [0.5, 0.6) is 5.75 Å². The molecule has 1 aliphatic rings. The summed E-state index contributed by atoms with van der Waals surface area (Å²) in [6.07, 6.45) is 1.70. The molecular formula is C27H32ClFN4O3. The van der Waals surface area contributed by atoms with Crippen molar-refractivity contribution in [3.63, 3.8) is 0 Å². The summed E-state index contributed by atoms with van der Waals surface area (Å²) in [7, 11) is 0. The zero-order chi connectivity index (χ0) is 25.3. The maximum Gasteiger partial charge on any atom is 0.251 e. The minimum Gasteiger partial charge on any atom is -0.507 e. The number of carbonyl (C=O) groups excluding carboxylic acids is 2. The molecule has 4 rings (SSSR count). The molecule has 2 atom stereocenters. The predicted molar refractivity (Wildman–Crippen MR) is 141 cm³/mol. The Hall–Kier alpha value is -3.07. The molecule has 5 N–H and O–H groups in total. The van der Waals surface area contributed by atoms with Gasteiger partial charge in [-0.05, 0) is 43.7 Å². The van der Waals surface area contributed by atoms with Gasteiger partial charge in [0.2, 0.25) is 0 Å². The van der Waals surface area contributed by atoms with E-state index < -0.39 is 22.9 Å². The maximum absolute atomic E-state index is 15.4. The van der Waals surface area contributed by atoms with Gasteiger partial charge in [-0.15, -0.1) is 12.4 Å². The molecule has 0 unspecified atom stereocenters. The zero-order valence-corrected chi connectivity index (χ0v) is 21.4. The minimum absolute atomic E-state index is 0. The molecule has 2 aromatic carbocycles. The maximum atomic E-state index is 15.4. The van der Waals surface area contributed by atoms with Crippen molar-refractivity contribution in [2.24, 2.45) is 5.73 Å². The smallest absolute Gasteiger partial charge is 0.251 e. The Kier molecular flexibility index (Phi) is 8.33. The second-order valence-electron chi connectivity index (χ2n) is 10.1. The number of nitrogens with zero attached hydrogens (tertiary/aromatic N) is 1. The second kappa shape index (κ2) is 10.9. The van der Waals surface area contributed by atoms with E-state index in [4.69, 9.17) is 5.73 Å². The van der Waals surface area contributed by atoms with Crippen molar-refractivity contribution in [3.8, 4) is 5.75 Å². The Morgan fingerprint density at radius 3 is 2.47 bits per heavy atom. The molecule has 7 nitrogen and oxygen atoms in total. The van der Waals surface area contributed by atoms with Gasteiger partial charge < -0.3 is 21.5 Å². The number of benzene rings is 2. The van der Waals surface area contributed by atoms with Crippen molar-refractivity contribution >= 4 is 35.0 Å². The van der Waals surface area contributed by atoms with E-state index >= 15 is 4.39 Å². The zero-order valence-electron chi connectivity index (χ0n) is 20.6. The van der Waals surface area contributed by atoms with Crippen molar-refractivity contribution in [2.45, 2.75) is 51.1 Å². The number of amides is 1. The van der Waals surface area contributed by atoms with Crippen molar-refractivity contribution in [2.75, 3.05) is 13.1 Å². The summed E-state index contributed by atoms with van der Waals surface area (Å²) in [6.45, 7) is 7.38. The average Bonchev–Trinajstić information content (AvgIpc) is 3.02. The van der Waals surface area contributed by atoms with E-state index in [-0.39, 0.29) is 46.9 Å². The highest BCUT2D eigenvalue weighted by atomic mass is 35.5. The normalized spacial score (nSPS) is 18.2. The van der Waals surface area contributed by atoms with E-state index in [1.54, 1.807) is 12.1 Å². The van der Waals surface area contributed by atoms with Gasteiger partial charge in [-0.25, -0.2) is 9.37 Å². The number of aromatic hydroxyl groups is 1. The summed E-state index contributed by atoms with van der Waals surface area (Å²) < 4.78 is 15.4. The Morgan fingerprint density at radius 2 is 1.81 bits per heavy atom. The molecule has 0 bridgehead atoms. The van der Waals surface area contributed by atoms with Crippen LogP contribution in [0.1, 0.15) is 65.6 Å². The first kappa shape index (κ1) is 27.5. The van der Waals surface area contributed by atoms with Crippen LogP contribution in [0.4, 0.5) is 4.39 Å². The first-order chi connectivity index (χ1) is 16.6. The fraction of sp³-hybridized carbons (Fsp3) is 0.370. The number of hydrogen-bond acceptors (Lipinski definition) is 6. The van der Waals surface area contributed by atoms with E-state index in [1.807, 2.05) is 20.8 Å². The van der Waals surface area contributed by atoms with Gasteiger partial charge in [-0.2, -0.15) is 0 Å². The number of fused-ring (bicyclic) bond motifs is 1. The van der Waals surface area contributed by atoms with Crippen LogP contribution in [0.2, 0.25) is 0 Å². The van der Waals surface area contributed by atoms with Gasteiger partial charge >= 0.3 is 0 Å². The second-order valence-corrected chi connectivity index (χ2v) is 10.1. The van der Waals surface area contributed by atoms with E-state index in [2.05, 4.69) is 15.6 Å². The lowest BCUT2D eigenvalue weighted by Gasteiger charge is -2.22. The van der Waals surface area contributed by atoms with Crippen molar-refractivity contribution in [1.82, 2.24) is 15.6 Å². The van der Waals surface area contributed by atoms with Crippen LogP contribution in [0.25, 0.3) is 10.9 Å². The number of phenols is 1. The Labute approximate surface area is 216 Å². The SMILES string of the molecule is CC(C)(C)c1ccc2cc(O)c(C(=O)c3ccc(C(=O)N[C@@H]4CCCNC[C@H]4N)cc3)c(F)c2n1.Cl. The van der Waals surface area contributed by atoms with Crippen LogP contribution < -0.4 is 16.4 Å². The van der Waals surface area contributed by atoms with E-state index in [1.165, 1.54) is 30.3 Å². The molecule has 192 valence electrons. The fourth-order valence-corrected chi connectivity index (χ4v) is 4.27. The average molecular weight is 515 g/mol. The van der Waals surface area contributed by atoms with Gasteiger partial charge in [0.25, 0.3) is 5.91 Å². The lowest BCUT2D eigenvalue weighted by molar-refractivity contribution is 0.0928. The third-order valence-corrected chi connectivity index (χ3v) is 6.39. The number of carbonyl (C=O) groups is 2. The monoisotopic (exact) mass is 514 g/mol. The number of hydrogen-bond donors (Lipinski definition) is 4. The van der Waals surface area contributed by atoms with Crippen LogP contribution in [0, 0.1) is 5.82 Å². The highest BCUT2D eigenvalue weighted by Crippen LogP contribution is 2.32. The largest absolute Gasteiger partial charge is 0.507 e. The molecular weight excluding hydrogens is 483 g/mol. The Morgan fingerprint density at radius 1 is 1.14 bits per heavy atom. The van der Waals surface area contributed by atoms with Gasteiger partial charge in [0.05, 0.1) is 0 Å². The number of ketones is 1. The molecule has 0 aliphatic carbocycles. The molecule has 1 aliphatic heterocycles. The van der Waals surface area contributed by atoms with Crippen LogP contribution in [0.15, 0.2) is 42.5 Å². The minimum atomic E-state index is -0.867. The summed E-state index contributed by atoms with van der Waals surface area (Å²) in [5, 5.41) is 17.1. The van der Waals surface area contributed by atoms with Crippen LogP contribution in [-0.4, -0.2) is 47.0 Å². The predicted octanol–water partition coefficient (Wildman–Crippen LogP) is 3.84. The van der Waals surface area contributed by atoms with Crippen molar-refractivity contribution < 1.29 is 19.1 Å². The number of nitrogens with one attached hydrogen (secondary N) is 2. The summed E-state index contributed by atoms with van der Waals surface area (Å²) >= 11 is 0. The van der Waals surface area contributed by atoms with Crippen LogP contribution in [-0.2, 0) is 5.41 Å². The van der Waals surface area contributed by atoms with Gasteiger partial charge in [0, 0.05) is 46.3 Å². The third-order valence-electron chi connectivity index (χ3n) is 6.39. The number of halogens is 2. The Bertz CT molecular complexity index is 1270. The van der Waals surface area contributed by atoms with Crippen molar-refractivity contribution in [1.29, 1.82) is 0 Å². The molecule has 1 fully saturated rings. The third kappa shape index (κ3) is 5.67. The molecule has 9 heteroatoms. The quantitative estimate of drug-likeness (QED) is 0.393. The van der Waals surface area contributed by atoms with E-state index in [9.17, 15) is 14.7 Å². The number of rotatable bonds is 4. The first-order valence-electron chi connectivity index (χ1n) is 11.8. The summed E-state index contributed by atoms with van der Waals surface area (Å²) in [4.78, 5) is 30.3. The lowest BCUT2D eigenvalue weighted by Crippen LogP contribution is -2.50. The number of aromatic nitrogens is 1. The molecule has 0 radical (unpaired) electrons. The van der Waals surface area contributed by atoms with Crippen molar-refractivity contribution in [3.05, 3.63) is 70.7 Å². The molecule has 36 heavy (non-hydrogen) atoms. The molecule has 1 saturated heterocycles. The standard InChI is InChI=1S/C27H31FN4O3.ClH/c1-27(2,3)21-11-10-17-13-20(33)22(23(28)24(17)32-21)25(34)15-6-8-16(9-7-15)26(35)31-19-5-4-12-30-14-18(19)29;/h6-11,13,18-19,30,33H,4-5,12,14,29H2,1-3H3,(H,31,35);1H/t18-,19-;/m1./s1. The number of pyridine rings is 1. The molecule has 1 amide bonds. The summed E-state index contributed by atoms with van der Waals surface area (Å²) in [5.41, 5.74) is 6.62. The lowest BCUT2D eigenvalue weighted by atomic mass is 9.91.